The van der Waals surface area contributed by atoms with Crippen molar-refractivity contribution in [3.05, 3.63) is 72.8 Å². The number of hydrazone groups is 1. The molecule has 0 radical (unpaired) electrons. The summed E-state index contributed by atoms with van der Waals surface area (Å²) >= 11 is 0. The number of carbonyl (C=O) groups is 1. The Labute approximate surface area is 151 Å². The van der Waals surface area contributed by atoms with Crippen molar-refractivity contribution < 1.29 is 4.79 Å². The molecule has 6 heteroatoms. The normalized spacial score (nSPS) is 13.6. The Bertz CT molecular complexity index is 927. The van der Waals surface area contributed by atoms with Crippen molar-refractivity contribution in [1.29, 1.82) is 0 Å². The Morgan fingerprint density at radius 1 is 1.04 bits per heavy atom. The minimum Gasteiger partial charge on any atom is -0.322 e. The molecule has 0 bridgehead atoms. The van der Waals surface area contributed by atoms with Crippen LogP contribution in [0.4, 0.5) is 11.4 Å². The highest BCUT2D eigenvalue weighted by Crippen LogP contribution is 2.20. The van der Waals surface area contributed by atoms with E-state index in [-0.39, 0.29) is 5.91 Å². The molecule has 26 heavy (non-hydrogen) atoms. The molecule has 130 valence electrons. The second kappa shape index (κ2) is 6.84. The molecule has 6 nitrogen and oxygen atoms in total. The maximum Gasteiger partial charge on any atom is 0.255 e. The van der Waals surface area contributed by atoms with Gasteiger partial charge in [-0.3, -0.25) is 9.80 Å². The number of anilines is 2. The van der Waals surface area contributed by atoms with E-state index in [2.05, 4.69) is 15.4 Å². The van der Waals surface area contributed by atoms with E-state index in [9.17, 15) is 4.79 Å². The summed E-state index contributed by atoms with van der Waals surface area (Å²) in [6, 6.07) is 15.1. The van der Waals surface area contributed by atoms with Crippen LogP contribution in [0.25, 0.3) is 5.69 Å². The second-order valence-corrected chi connectivity index (χ2v) is 6.23. The van der Waals surface area contributed by atoms with Gasteiger partial charge in [0.05, 0.1) is 12.0 Å². The van der Waals surface area contributed by atoms with Crippen molar-refractivity contribution in [2.75, 3.05) is 16.9 Å². The number of imidazole rings is 1. The Kier molecular flexibility index (Phi) is 4.23. The van der Waals surface area contributed by atoms with Crippen LogP contribution >= 0.6 is 0 Å². The largest absolute Gasteiger partial charge is 0.322 e. The first-order valence-corrected chi connectivity index (χ1v) is 8.50. The number of aromatic nitrogens is 2. The van der Waals surface area contributed by atoms with E-state index in [1.54, 1.807) is 12.5 Å². The molecule has 1 amide bonds. The number of carbonyl (C=O) groups excluding carboxylic acids is 1. The van der Waals surface area contributed by atoms with Gasteiger partial charge in [0.1, 0.15) is 0 Å². The van der Waals surface area contributed by atoms with Crippen molar-refractivity contribution in [3.8, 4) is 5.69 Å². The zero-order valence-electron chi connectivity index (χ0n) is 14.5. The lowest BCUT2D eigenvalue weighted by Gasteiger charge is -2.14. The summed E-state index contributed by atoms with van der Waals surface area (Å²) in [5, 5.41) is 9.36. The van der Waals surface area contributed by atoms with Crippen LogP contribution in [0, 0.1) is 0 Å². The molecule has 0 saturated heterocycles. The van der Waals surface area contributed by atoms with Crippen molar-refractivity contribution in [1.82, 2.24) is 9.55 Å². The minimum absolute atomic E-state index is 0.131. The predicted octanol–water partition coefficient (Wildman–Crippen LogP) is 3.71. The lowest BCUT2D eigenvalue weighted by molar-refractivity contribution is 0.102. The van der Waals surface area contributed by atoms with E-state index in [1.807, 2.05) is 71.2 Å². The summed E-state index contributed by atoms with van der Waals surface area (Å²) in [6.45, 7) is 2.92. The van der Waals surface area contributed by atoms with Gasteiger partial charge >= 0.3 is 0 Å². The monoisotopic (exact) mass is 345 g/mol. The zero-order valence-corrected chi connectivity index (χ0v) is 14.5. The smallest absolute Gasteiger partial charge is 0.255 e. The van der Waals surface area contributed by atoms with Crippen LogP contribution < -0.4 is 10.3 Å². The lowest BCUT2D eigenvalue weighted by atomic mass is 10.2. The van der Waals surface area contributed by atoms with Crippen LogP contribution in [0.1, 0.15) is 23.7 Å². The summed E-state index contributed by atoms with van der Waals surface area (Å²) in [5.41, 5.74) is 4.50. The number of hydrogen-bond donors (Lipinski definition) is 1. The van der Waals surface area contributed by atoms with Crippen molar-refractivity contribution in [3.63, 3.8) is 0 Å². The van der Waals surface area contributed by atoms with Crippen molar-refractivity contribution in [2.45, 2.75) is 13.3 Å². The highest BCUT2D eigenvalue weighted by atomic mass is 16.1. The van der Waals surface area contributed by atoms with Gasteiger partial charge in [0, 0.05) is 48.0 Å². The molecular formula is C20H19N5O. The molecule has 0 aliphatic carbocycles. The second-order valence-electron chi connectivity index (χ2n) is 6.23. The van der Waals surface area contributed by atoms with E-state index in [0.717, 1.165) is 35.7 Å². The molecular weight excluding hydrogens is 326 g/mol. The summed E-state index contributed by atoms with van der Waals surface area (Å²) < 4.78 is 1.91. The third-order valence-corrected chi connectivity index (χ3v) is 4.33. The predicted molar refractivity (Wildman–Crippen MR) is 103 cm³/mol. The van der Waals surface area contributed by atoms with E-state index < -0.39 is 0 Å². The molecule has 4 rings (SSSR count). The average molecular weight is 345 g/mol. The standard InChI is InChI=1S/C20H19N5O/c1-15-10-12-25(23-15)19-6-2-16(3-7-19)20(26)22-17-4-8-18(9-5-17)24-13-11-21-14-24/h2-9,11,13-14H,10,12H2,1H3,(H,22,26). The van der Waals surface area contributed by atoms with Crippen molar-refractivity contribution >= 4 is 23.0 Å². The highest BCUT2D eigenvalue weighted by molar-refractivity contribution is 6.04. The van der Waals surface area contributed by atoms with Crippen LogP contribution in [0.15, 0.2) is 72.4 Å². The zero-order chi connectivity index (χ0) is 17.9. The number of amides is 1. The van der Waals surface area contributed by atoms with Crippen LogP contribution in [0.2, 0.25) is 0 Å². The fourth-order valence-electron chi connectivity index (χ4n) is 2.88. The molecule has 0 atom stereocenters. The summed E-state index contributed by atoms with van der Waals surface area (Å²) in [4.78, 5) is 16.5. The third-order valence-electron chi connectivity index (χ3n) is 4.33. The Morgan fingerprint density at radius 3 is 2.38 bits per heavy atom. The van der Waals surface area contributed by atoms with Crippen molar-refractivity contribution in [2.24, 2.45) is 5.10 Å². The average Bonchev–Trinajstić information content (AvgIpc) is 3.34. The van der Waals surface area contributed by atoms with Gasteiger partial charge < -0.3 is 9.88 Å². The first-order chi connectivity index (χ1) is 12.7. The first kappa shape index (κ1) is 16.1. The quantitative estimate of drug-likeness (QED) is 0.784. The SMILES string of the molecule is CC1=NN(c2ccc(C(=O)Nc3ccc(-n4ccnc4)cc3)cc2)CC1. The highest BCUT2D eigenvalue weighted by Gasteiger charge is 2.13. The molecule has 1 aliphatic heterocycles. The summed E-state index contributed by atoms with van der Waals surface area (Å²) in [6.07, 6.45) is 6.33. The van der Waals surface area contributed by atoms with E-state index in [4.69, 9.17) is 0 Å². The molecule has 1 aliphatic rings. The number of nitrogens with one attached hydrogen (secondary N) is 1. The molecule has 3 aromatic rings. The van der Waals surface area contributed by atoms with E-state index in [1.165, 1.54) is 0 Å². The van der Waals surface area contributed by atoms with Gasteiger partial charge in [-0.15, -0.1) is 0 Å². The molecule has 1 aromatic heterocycles. The topological polar surface area (TPSA) is 62.5 Å². The van der Waals surface area contributed by atoms with Crippen LogP contribution in [-0.4, -0.2) is 27.7 Å². The molecule has 0 spiro atoms. The van der Waals surface area contributed by atoms with Gasteiger partial charge in [0.15, 0.2) is 0 Å². The fraction of sp³-hybridized carbons (Fsp3) is 0.150. The Balaban J connectivity index is 1.43. The minimum atomic E-state index is -0.131. The van der Waals surface area contributed by atoms with Gasteiger partial charge in [0.2, 0.25) is 0 Å². The van der Waals surface area contributed by atoms with Crippen LogP contribution in [0.5, 0.6) is 0 Å². The van der Waals surface area contributed by atoms with Crippen LogP contribution in [0.3, 0.4) is 0 Å². The maximum absolute atomic E-state index is 12.4. The maximum atomic E-state index is 12.4. The first-order valence-electron chi connectivity index (χ1n) is 8.50. The van der Waals surface area contributed by atoms with Gasteiger partial charge in [-0.25, -0.2) is 4.98 Å². The van der Waals surface area contributed by atoms with E-state index in [0.29, 0.717) is 5.56 Å². The molecule has 0 fully saturated rings. The van der Waals surface area contributed by atoms with Gasteiger partial charge in [-0.05, 0) is 55.5 Å². The molecule has 2 aromatic carbocycles. The molecule has 0 saturated carbocycles. The number of hydrogen-bond acceptors (Lipinski definition) is 4. The number of rotatable bonds is 4. The number of nitrogens with zero attached hydrogens (tertiary/aromatic N) is 4. The third kappa shape index (κ3) is 3.35. The summed E-state index contributed by atoms with van der Waals surface area (Å²) in [7, 11) is 0. The van der Waals surface area contributed by atoms with Crippen LogP contribution in [-0.2, 0) is 0 Å². The Hall–Kier alpha value is -3.41. The van der Waals surface area contributed by atoms with Gasteiger partial charge in [0.25, 0.3) is 5.91 Å². The lowest BCUT2D eigenvalue weighted by Crippen LogP contribution is -2.14. The Morgan fingerprint density at radius 2 is 1.77 bits per heavy atom. The molecule has 1 N–H and O–H groups in total. The van der Waals surface area contributed by atoms with Gasteiger partial charge in [-0.1, -0.05) is 0 Å². The van der Waals surface area contributed by atoms with E-state index >= 15 is 0 Å². The summed E-state index contributed by atoms with van der Waals surface area (Å²) in [5.74, 6) is -0.131. The fourth-order valence-corrected chi connectivity index (χ4v) is 2.88. The molecule has 2 heterocycles. The molecule has 0 unspecified atom stereocenters. The number of benzene rings is 2. The van der Waals surface area contributed by atoms with Gasteiger partial charge in [-0.2, -0.15) is 5.10 Å².